The minimum Gasteiger partial charge on any atom is -0.248 e. The number of benzene rings is 4. The van der Waals surface area contributed by atoms with E-state index in [4.69, 9.17) is 9.97 Å². The highest BCUT2D eigenvalue weighted by Crippen LogP contribution is 2.39. The Kier molecular flexibility index (Phi) is 4.39. The van der Waals surface area contributed by atoms with Crippen molar-refractivity contribution in [2.75, 3.05) is 0 Å². The molecule has 0 radical (unpaired) electrons. The van der Waals surface area contributed by atoms with E-state index in [2.05, 4.69) is 97.9 Å². The van der Waals surface area contributed by atoms with Crippen molar-refractivity contribution in [1.29, 1.82) is 0 Å². The third-order valence-corrected chi connectivity index (χ3v) is 7.97. The van der Waals surface area contributed by atoms with Crippen molar-refractivity contribution in [2.24, 2.45) is 0 Å². The van der Waals surface area contributed by atoms with E-state index in [0.717, 1.165) is 40.3 Å². The Morgan fingerprint density at radius 2 is 1.53 bits per heavy atom. The maximum absolute atomic E-state index is 5.19. The topological polar surface area (TPSA) is 25.8 Å². The van der Waals surface area contributed by atoms with Gasteiger partial charge in [-0.3, -0.25) is 0 Å². The van der Waals surface area contributed by atoms with Crippen molar-refractivity contribution in [3.63, 3.8) is 0 Å². The van der Waals surface area contributed by atoms with Gasteiger partial charge in [0.25, 0.3) is 0 Å². The summed E-state index contributed by atoms with van der Waals surface area (Å²) in [5.41, 5.74) is 6.21. The maximum atomic E-state index is 5.19. The number of nitrogens with zero attached hydrogens (tertiary/aromatic N) is 2. The lowest BCUT2D eigenvalue weighted by Crippen LogP contribution is -2.08. The molecule has 0 saturated heterocycles. The molecule has 2 heterocycles. The van der Waals surface area contributed by atoms with Crippen LogP contribution in [0, 0.1) is 0 Å². The zero-order chi connectivity index (χ0) is 22.6. The van der Waals surface area contributed by atoms with Crippen LogP contribution < -0.4 is 0 Å². The summed E-state index contributed by atoms with van der Waals surface area (Å²) in [6.07, 6.45) is 5.35. The predicted molar refractivity (Wildman–Crippen MR) is 145 cm³/mol. The lowest BCUT2D eigenvalue weighted by molar-refractivity contribution is 0.732. The van der Waals surface area contributed by atoms with Crippen LogP contribution in [0.1, 0.15) is 30.7 Å². The van der Waals surface area contributed by atoms with E-state index in [0.29, 0.717) is 5.92 Å². The third-order valence-electron chi connectivity index (χ3n) is 6.84. The summed E-state index contributed by atoms with van der Waals surface area (Å²) in [4.78, 5) is 10.4. The second-order valence-electron chi connectivity index (χ2n) is 9.10. The number of rotatable bonds is 2. The zero-order valence-corrected chi connectivity index (χ0v) is 19.6. The molecule has 1 aliphatic rings. The van der Waals surface area contributed by atoms with Gasteiger partial charge in [0, 0.05) is 37.2 Å². The first kappa shape index (κ1) is 19.6. The molecule has 162 valence electrons. The van der Waals surface area contributed by atoms with Crippen LogP contribution in [0.25, 0.3) is 59.5 Å². The molecular weight excluding hydrogens is 432 g/mol. The predicted octanol–water partition coefficient (Wildman–Crippen LogP) is 8.85. The summed E-state index contributed by atoms with van der Waals surface area (Å²) in [5, 5.41) is 5.15. The SMILES string of the molecule is CC1CC=Cc2nc(-c3ccc4cc5c(cc4c3)sc3ccccc35)c(-c3ccccc3)nc21. The highest BCUT2D eigenvalue weighted by molar-refractivity contribution is 7.25. The van der Waals surface area contributed by atoms with E-state index in [9.17, 15) is 0 Å². The first-order valence-corrected chi connectivity index (χ1v) is 12.6. The van der Waals surface area contributed by atoms with E-state index >= 15 is 0 Å². The molecule has 2 aromatic heterocycles. The number of thiophene rings is 1. The lowest BCUT2D eigenvalue weighted by Gasteiger charge is -2.19. The van der Waals surface area contributed by atoms with Crippen LogP contribution in [0.2, 0.25) is 0 Å². The molecule has 6 aromatic rings. The molecule has 1 atom stereocenters. The van der Waals surface area contributed by atoms with Crippen LogP contribution >= 0.6 is 11.3 Å². The van der Waals surface area contributed by atoms with Crippen LogP contribution in [0.4, 0.5) is 0 Å². The number of hydrogen-bond donors (Lipinski definition) is 0. The molecular formula is C31H22N2S. The monoisotopic (exact) mass is 454 g/mol. The summed E-state index contributed by atoms with van der Waals surface area (Å²) < 4.78 is 2.66. The zero-order valence-electron chi connectivity index (χ0n) is 18.8. The van der Waals surface area contributed by atoms with Gasteiger partial charge in [-0.1, -0.05) is 73.7 Å². The van der Waals surface area contributed by atoms with Crippen molar-refractivity contribution in [3.8, 4) is 22.5 Å². The quantitative estimate of drug-likeness (QED) is 0.261. The number of allylic oxidation sites excluding steroid dienone is 1. The molecule has 7 rings (SSSR count). The van der Waals surface area contributed by atoms with Crippen molar-refractivity contribution in [3.05, 3.63) is 102 Å². The molecule has 2 nitrogen and oxygen atoms in total. The molecule has 1 unspecified atom stereocenters. The van der Waals surface area contributed by atoms with Gasteiger partial charge in [-0.2, -0.15) is 0 Å². The largest absolute Gasteiger partial charge is 0.248 e. The summed E-state index contributed by atoms with van der Waals surface area (Å²) in [7, 11) is 0. The average molecular weight is 455 g/mol. The average Bonchev–Trinajstić information content (AvgIpc) is 3.24. The van der Waals surface area contributed by atoms with Gasteiger partial charge in [0.2, 0.25) is 0 Å². The smallest absolute Gasteiger partial charge is 0.0972 e. The van der Waals surface area contributed by atoms with Gasteiger partial charge in [0.1, 0.15) is 0 Å². The molecule has 34 heavy (non-hydrogen) atoms. The van der Waals surface area contributed by atoms with E-state index in [1.807, 2.05) is 17.4 Å². The number of aromatic nitrogens is 2. The normalized spacial score (nSPS) is 15.3. The Morgan fingerprint density at radius 1 is 0.706 bits per heavy atom. The highest BCUT2D eigenvalue weighted by atomic mass is 32.1. The van der Waals surface area contributed by atoms with Gasteiger partial charge < -0.3 is 0 Å². The third kappa shape index (κ3) is 3.08. The highest BCUT2D eigenvalue weighted by Gasteiger charge is 2.21. The fraction of sp³-hybridized carbons (Fsp3) is 0.0968. The van der Waals surface area contributed by atoms with E-state index < -0.39 is 0 Å². The first-order valence-electron chi connectivity index (χ1n) is 11.7. The van der Waals surface area contributed by atoms with Gasteiger partial charge in [-0.15, -0.1) is 11.3 Å². The molecule has 0 fully saturated rings. The van der Waals surface area contributed by atoms with Gasteiger partial charge in [0.15, 0.2) is 0 Å². The Bertz CT molecular complexity index is 1740. The Balaban J connectivity index is 1.47. The van der Waals surface area contributed by atoms with Gasteiger partial charge in [-0.25, -0.2) is 9.97 Å². The molecule has 0 bridgehead atoms. The summed E-state index contributed by atoms with van der Waals surface area (Å²) in [6, 6.07) is 30.5. The minimum absolute atomic E-state index is 0.377. The molecule has 0 N–H and O–H groups in total. The molecule has 0 spiro atoms. The van der Waals surface area contributed by atoms with E-state index in [-0.39, 0.29) is 0 Å². The number of fused-ring (bicyclic) bond motifs is 5. The molecule has 0 amide bonds. The second-order valence-corrected chi connectivity index (χ2v) is 10.2. The molecule has 0 saturated carbocycles. The summed E-state index contributed by atoms with van der Waals surface area (Å²) in [5.74, 6) is 0.377. The van der Waals surface area contributed by atoms with Crippen LogP contribution in [0.15, 0.2) is 91.0 Å². The molecule has 1 aliphatic carbocycles. The lowest BCUT2D eigenvalue weighted by atomic mass is 9.94. The number of hydrogen-bond acceptors (Lipinski definition) is 3. The molecule has 0 aliphatic heterocycles. The fourth-order valence-corrected chi connectivity index (χ4v) is 6.19. The summed E-state index contributed by atoms with van der Waals surface area (Å²) >= 11 is 1.86. The van der Waals surface area contributed by atoms with Crippen LogP contribution in [-0.4, -0.2) is 9.97 Å². The standard InChI is InChI=1S/C31H22N2S/c1-19-8-7-12-26-29(19)33-30(20-9-3-2-4-10-20)31(32-26)22-15-14-21-17-25-24-11-5-6-13-27(24)34-28(25)18-23(21)16-22/h2-7,9-19H,8H2,1H3. The molecule has 4 aromatic carbocycles. The molecule has 3 heteroatoms. The Morgan fingerprint density at radius 3 is 2.44 bits per heavy atom. The van der Waals surface area contributed by atoms with Gasteiger partial charge in [0.05, 0.1) is 22.8 Å². The Hall–Kier alpha value is -3.82. The van der Waals surface area contributed by atoms with Crippen LogP contribution in [-0.2, 0) is 0 Å². The van der Waals surface area contributed by atoms with Crippen LogP contribution in [0.5, 0.6) is 0 Å². The van der Waals surface area contributed by atoms with E-state index in [1.165, 1.54) is 30.9 Å². The van der Waals surface area contributed by atoms with Crippen molar-refractivity contribution in [1.82, 2.24) is 9.97 Å². The Labute approximate surface area is 202 Å². The second kappa shape index (κ2) is 7.61. The van der Waals surface area contributed by atoms with E-state index in [1.54, 1.807) is 0 Å². The van der Waals surface area contributed by atoms with Crippen molar-refractivity contribution < 1.29 is 0 Å². The maximum Gasteiger partial charge on any atom is 0.0972 e. The van der Waals surface area contributed by atoms with Crippen LogP contribution in [0.3, 0.4) is 0 Å². The van der Waals surface area contributed by atoms with Crippen molar-refractivity contribution >= 4 is 48.4 Å². The minimum atomic E-state index is 0.377. The summed E-state index contributed by atoms with van der Waals surface area (Å²) in [6.45, 7) is 2.23. The van der Waals surface area contributed by atoms with Crippen molar-refractivity contribution in [2.45, 2.75) is 19.3 Å². The van der Waals surface area contributed by atoms with Gasteiger partial charge >= 0.3 is 0 Å². The first-order chi connectivity index (χ1) is 16.7. The fourth-order valence-electron chi connectivity index (χ4n) is 5.06. The van der Waals surface area contributed by atoms with Gasteiger partial charge in [-0.05, 0) is 47.5 Å².